The Kier molecular flexibility index (Phi) is 5.82. The third-order valence-electron chi connectivity index (χ3n) is 4.56. The average Bonchev–Trinajstić information content (AvgIpc) is 2.99. The first-order valence-electron chi connectivity index (χ1n) is 8.51. The quantitative estimate of drug-likeness (QED) is 0.644. The van der Waals surface area contributed by atoms with Crippen LogP contribution in [-0.2, 0) is 9.59 Å². The highest BCUT2D eigenvalue weighted by Gasteiger charge is 2.35. The topological polar surface area (TPSA) is 49.4 Å². The maximum Gasteiger partial charge on any atom is 0.229 e. The molecule has 2 aromatic rings. The predicted octanol–water partition coefficient (Wildman–Crippen LogP) is 5.33. The first kappa shape index (κ1) is 19.1. The van der Waals surface area contributed by atoms with Gasteiger partial charge in [-0.15, -0.1) is 0 Å². The zero-order chi connectivity index (χ0) is 18.8. The number of anilines is 2. The van der Waals surface area contributed by atoms with Gasteiger partial charge in [-0.1, -0.05) is 41.9 Å². The molecule has 0 aromatic heterocycles. The summed E-state index contributed by atoms with van der Waals surface area (Å²) >= 11 is 6.83. The van der Waals surface area contributed by atoms with Crippen molar-refractivity contribution in [3.05, 3.63) is 57.0 Å². The van der Waals surface area contributed by atoms with Crippen LogP contribution in [0.2, 0.25) is 0 Å². The summed E-state index contributed by atoms with van der Waals surface area (Å²) in [6, 6.07) is 13.6. The molecule has 0 bridgehead atoms. The normalized spacial score (nSPS) is 17.0. The Labute approximate surface area is 170 Å². The van der Waals surface area contributed by atoms with Gasteiger partial charge in [0, 0.05) is 27.6 Å². The van der Waals surface area contributed by atoms with Gasteiger partial charge in [0.2, 0.25) is 11.8 Å². The van der Waals surface area contributed by atoms with Crippen molar-refractivity contribution < 1.29 is 9.59 Å². The van der Waals surface area contributed by atoms with Crippen LogP contribution in [0.4, 0.5) is 11.4 Å². The summed E-state index contributed by atoms with van der Waals surface area (Å²) in [5.74, 6) is -0.0657. The molecule has 6 heteroatoms. The number of nitrogens with zero attached hydrogens (tertiary/aromatic N) is 1. The molecule has 0 spiro atoms. The summed E-state index contributed by atoms with van der Waals surface area (Å²) in [6.45, 7) is 4.67. The molecule has 0 saturated carbocycles. The molecule has 1 aliphatic heterocycles. The van der Waals surface area contributed by atoms with Crippen LogP contribution < -0.4 is 10.2 Å². The first-order chi connectivity index (χ1) is 12.3. The van der Waals surface area contributed by atoms with Gasteiger partial charge < -0.3 is 10.2 Å². The molecule has 1 aliphatic rings. The number of halogens is 2. The predicted molar refractivity (Wildman–Crippen MR) is 111 cm³/mol. The summed E-state index contributed by atoms with van der Waals surface area (Å²) < 4.78 is 1.72. The van der Waals surface area contributed by atoms with Crippen molar-refractivity contribution in [3.63, 3.8) is 0 Å². The van der Waals surface area contributed by atoms with E-state index in [0.29, 0.717) is 18.2 Å². The number of benzene rings is 2. The second kappa shape index (κ2) is 7.92. The minimum atomic E-state index is -0.358. The molecule has 1 fully saturated rings. The lowest BCUT2D eigenvalue weighted by molar-refractivity contribution is -0.122. The van der Waals surface area contributed by atoms with Gasteiger partial charge in [-0.25, -0.2) is 0 Å². The summed E-state index contributed by atoms with van der Waals surface area (Å²) in [7, 11) is 0. The molecule has 0 aliphatic carbocycles. The molecule has 1 N–H and O–H groups in total. The minimum Gasteiger partial charge on any atom is -0.325 e. The van der Waals surface area contributed by atoms with E-state index in [1.54, 1.807) is 4.90 Å². The summed E-state index contributed by atoms with van der Waals surface area (Å²) in [5.41, 5.74) is 2.78. The Morgan fingerprint density at radius 3 is 2.46 bits per heavy atom. The molecular weight excluding hydrogens is 460 g/mol. The van der Waals surface area contributed by atoms with E-state index in [-0.39, 0.29) is 24.2 Å². The van der Waals surface area contributed by atoms with E-state index < -0.39 is 0 Å². The zero-order valence-electron chi connectivity index (χ0n) is 14.6. The summed E-state index contributed by atoms with van der Waals surface area (Å²) in [5, 5.41) is 2.91. The molecule has 1 atom stereocenters. The van der Waals surface area contributed by atoms with E-state index in [9.17, 15) is 9.59 Å². The summed E-state index contributed by atoms with van der Waals surface area (Å²) in [4.78, 5) is 26.7. The van der Waals surface area contributed by atoms with Gasteiger partial charge in [0.15, 0.2) is 0 Å². The third kappa shape index (κ3) is 4.18. The van der Waals surface area contributed by atoms with Gasteiger partial charge in [-0.05, 0) is 57.7 Å². The van der Waals surface area contributed by atoms with E-state index in [0.717, 1.165) is 14.6 Å². The highest BCUT2D eigenvalue weighted by Crippen LogP contribution is 2.30. The van der Waals surface area contributed by atoms with Gasteiger partial charge in [-0.2, -0.15) is 0 Å². The lowest BCUT2D eigenvalue weighted by atomic mass is 10.0. The Hall–Kier alpha value is -1.66. The minimum absolute atomic E-state index is 0.0164. The lowest BCUT2D eigenvalue weighted by Crippen LogP contribution is -2.28. The van der Waals surface area contributed by atoms with Crippen molar-refractivity contribution in [1.82, 2.24) is 0 Å². The van der Waals surface area contributed by atoms with Gasteiger partial charge in [0.05, 0.1) is 11.6 Å². The van der Waals surface area contributed by atoms with E-state index in [2.05, 4.69) is 51.0 Å². The Bertz CT molecular complexity index is 834. The monoisotopic (exact) mass is 478 g/mol. The Morgan fingerprint density at radius 2 is 1.85 bits per heavy atom. The third-order valence-corrected chi connectivity index (χ3v) is 5.71. The summed E-state index contributed by atoms with van der Waals surface area (Å²) in [6.07, 6.45) is 0.228. The van der Waals surface area contributed by atoms with E-state index in [1.165, 1.54) is 5.56 Å². The zero-order valence-corrected chi connectivity index (χ0v) is 17.8. The van der Waals surface area contributed by atoms with Crippen LogP contribution in [0.5, 0.6) is 0 Å². The van der Waals surface area contributed by atoms with Crippen molar-refractivity contribution in [1.29, 1.82) is 0 Å². The molecular formula is C20H20Br2N2O2. The molecule has 4 nitrogen and oxygen atoms in total. The Morgan fingerprint density at radius 1 is 1.15 bits per heavy atom. The molecule has 2 amide bonds. The van der Waals surface area contributed by atoms with Crippen LogP contribution in [-0.4, -0.2) is 18.4 Å². The van der Waals surface area contributed by atoms with E-state index in [4.69, 9.17) is 0 Å². The van der Waals surface area contributed by atoms with Crippen LogP contribution in [0.1, 0.15) is 31.7 Å². The van der Waals surface area contributed by atoms with Crippen molar-refractivity contribution in [2.24, 2.45) is 5.92 Å². The van der Waals surface area contributed by atoms with Crippen LogP contribution >= 0.6 is 31.9 Å². The van der Waals surface area contributed by atoms with Crippen LogP contribution in [0.25, 0.3) is 0 Å². The SMILES string of the molecule is CC(C)c1ccc(N2CC(C(=O)Nc3ccc(Br)cc3Br)CC2=O)cc1. The average molecular weight is 480 g/mol. The van der Waals surface area contributed by atoms with Crippen LogP contribution in [0.15, 0.2) is 51.4 Å². The molecule has 0 radical (unpaired) electrons. The smallest absolute Gasteiger partial charge is 0.229 e. The number of carbonyl (C=O) groups is 2. The molecule has 136 valence electrons. The molecule has 26 heavy (non-hydrogen) atoms. The first-order valence-corrected chi connectivity index (χ1v) is 10.1. The highest BCUT2D eigenvalue weighted by atomic mass is 79.9. The van der Waals surface area contributed by atoms with E-state index >= 15 is 0 Å². The fourth-order valence-electron chi connectivity index (χ4n) is 3.00. The molecule has 1 heterocycles. The van der Waals surface area contributed by atoms with E-state index in [1.807, 2.05) is 42.5 Å². The van der Waals surface area contributed by atoms with Crippen LogP contribution in [0, 0.1) is 5.92 Å². The largest absolute Gasteiger partial charge is 0.325 e. The van der Waals surface area contributed by atoms with Crippen molar-refractivity contribution in [2.45, 2.75) is 26.2 Å². The molecule has 3 rings (SSSR count). The maximum absolute atomic E-state index is 12.6. The van der Waals surface area contributed by atoms with Crippen molar-refractivity contribution >= 4 is 55.0 Å². The number of hydrogen-bond donors (Lipinski definition) is 1. The van der Waals surface area contributed by atoms with Crippen molar-refractivity contribution in [2.75, 3.05) is 16.8 Å². The highest BCUT2D eigenvalue weighted by molar-refractivity contribution is 9.11. The van der Waals surface area contributed by atoms with Gasteiger partial charge >= 0.3 is 0 Å². The molecule has 2 aromatic carbocycles. The van der Waals surface area contributed by atoms with Gasteiger partial charge in [0.1, 0.15) is 0 Å². The van der Waals surface area contributed by atoms with Crippen molar-refractivity contribution in [3.8, 4) is 0 Å². The second-order valence-corrected chi connectivity index (χ2v) is 8.54. The number of rotatable bonds is 4. The lowest BCUT2D eigenvalue weighted by Gasteiger charge is -2.18. The maximum atomic E-state index is 12.6. The van der Waals surface area contributed by atoms with Gasteiger partial charge in [-0.3, -0.25) is 9.59 Å². The molecule has 1 saturated heterocycles. The second-order valence-electron chi connectivity index (χ2n) is 6.77. The molecule has 1 unspecified atom stereocenters. The fourth-order valence-corrected chi connectivity index (χ4v) is 4.14. The van der Waals surface area contributed by atoms with Gasteiger partial charge in [0.25, 0.3) is 0 Å². The Balaban J connectivity index is 1.69. The fraction of sp³-hybridized carbons (Fsp3) is 0.300. The number of nitrogens with one attached hydrogen (secondary N) is 1. The number of amides is 2. The van der Waals surface area contributed by atoms with Crippen LogP contribution in [0.3, 0.4) is 0 Å². The number of hydrogen-bond acceptors (Lipinski definition) is 2. The standard InChI is InChI=1S/C20H20Br2N2O2/c1-12(2)13-3-6-16(7-4-13)24-11-14(9-19(24)25)20(26)23-18-8-5-15(21)10-17(18)22/h3-8,10,12,14H,9,11H2,1-2H3,(H,23,26). The number of carbonyl (C=O) groups excluding carboxylic acids is 2.